The third kappa shape index (κ3) is 6.44. The lowest BCUT2D eigenvalue weighted by atomic mass is 10.1. The molecule has 0 spiro atoms. The molecule has 0 fully saturated rings. The van der Waals surface area contributed by atoms with E-state index in [1.54, 1.807) is 24.3 Å². The highest BCUT2D eigenvalue weighted by atomic mass is 19.4. The molecule has 2 amide bonds. The minimum Gasteiger partial charge on any atom is -0.484 e. The molecule has 4 aromatic rings. The van der Waals surface area contributed by atoms with Gasteiger partial charge in [-0.25, -0.2) is 0 Å². The summed E-state index contributed by atoms with van der Waals surface area (Å²) in [6.45, 7) is -0.248. The molecule has 0 aliphatic rings. The van der Waals surface area contributed by atoms with Gasteiger partial charge in [0, 0.05) is 11.1 Å². The Kier molecular flexibility index (Phi) is 7.23. The Morgan fingerprint density at radius 1 is 0.917 bits per heavy atom. The topological polar surface area (TPSA) is 111 Å². The molecule has 0 aliphatic carbocycles. The minimum absolute atomic E-state index is 0.125. The summed E-state index contributed by atoms with van der Waals surface area (Å²) in [6.07, 6.45) is -4.53. The van der Waals surface area contributed by atoms with Crippen molar-refractivity contribution in [3.05, 3.63) is 95.6 Å². The van der Waals surface area contributed by atoms with E-state index in [9.17, 15) is 22.8 Å². The average Bonchev–Trinajstić information content (AvgIpc) is 3.35. The fourth-order valence-corrected chi connectivity index (χ4v) is 3.08. The summed E-state index contributed by atoms with van der Waals surface area (Å²) in [5.74, 6) is -0.956. The lowest BCUT2D eigenvalue weighted by molar-refractivity contribution is -0.137. The van der Waals surface area contributed by atoms with Crippen molar-refractivity contribution in [2.24, 2.45) is 0 Å². The summed E-state index contributed by atoms with van der Waals surface area (Å²) in [7, 11) is 0. The number of nitrogens with one attached hydrogen (secondary N) is 2. The van der Waals surface area contributed by atoms with E-state index in [1.165, 1.54) is 16.9 Å². The number of rotatable bonds is 7. The van der Waals surface area contributed by atoms with Gasteiger partial charge in [-0.3, -0.25) is 20.4 Å². The van der Waals surface area contributed by atoms with Crippen LogP contribution in [-0.4, -0.2) is 38.6 Å². The zero-order chi connectivity index (χ0) is 25.5. The molecule has 0 unspecified atom stereocenters. The first-order chi connectivity index (χ1) is 17.3. The highest BCUT2D eigenvalue weighted by molar-refractivity contribution is 5.95. The second-order valence-corrected chi connectivity index (χ2v) is 7.52. The van der Waals surface area contributed by atoms with E-state index in [0.29, 0.717) is 12.4 Å². The van der Waals surface area contributed by atoms with Gasteiger partial charge in [0.1, 0.15) is 5.75 Å². The zero-order valence-corrected chi connectivity index (χ0v) is 18.6. The van der Waals surface area contributed by atoms with Gasteiger partial charge in [0.25, 0.3) is 11.8 Å². The van der Waals surface area contributed by atoms with Gasteiger partial charge in [-0.15, -0.1) is 10.2 Å². The third-order valence-electron chi connectivity index (χ3n) is 4.87. The number of hydrogen-bond donors (Lipinski definition) is 2. The molecule has 0 saturated heterocycles. The number of hydrogen-bond acceptors (Lipinski definition) is 6. The molecule has 4 rings (SSSR count). The van der Waals surface area contributed by atoms with Gasteiger partial charge in [-0.05, 0) is 41.1 Å². The maximum atomic E-state index is 12.7. The van der Waals surface area contributed by atoms with E-state index in [0.717, 1.165) is 23.3 Å². The normalized spacial score (nSPS) is 11.1. The van der Waals surface area contributed by atoms with Gasteiger partial charge in [0.2, 0.25) is 5.82 Å². The zero-order valence-electron chi connectivity index (χ0n) is 18.6. The number of amides is 2. The molecule has 0 radical (unpaired) electrons. The van der Waals surface area contributed by atoms with Crippen LogP contribution in [0.1, 0.15) is 21.5 Å². The van der Waals surface area contributed by atoms with Crippen LogP contribution in [0.5, 0.6) is 5.75 Å². The van der Waals surface area contributed by atoms with E-state index >= 15 is 0 Å². The fourth-order valence-electron chi connectivity index (χ4n) is 3.08. The Morgan fingerprint density at radius 3 is 2.39 bits per heavy atom. The summed E-state index contributed by atoms with van der Waals surface area (Å²) in [5, 5.41) is 12.4. The molecule has 9 nitrogen and oxygen atoms in total. The molecule has 12 heteroatoms. The molecule has 0 atom stereocenters. The Bertz CT molecular complexity index is 1340. The highest BCUT2D eigenvalue weighted by Crippen LogP contribution is 2.31. The molecular weight excluding hydrogens is 477 g/mol. The Hall–Kier alpha value is -4.74. The van der Waals surface area contributed by atoms with E-state index in [1.807, 2.05) is 30.3 Å². The van der Waals surface area contributed by atoms with Crippen molar-refractivity contribution in [2.75, 3.05) is 6.61 Å². The maximum Gasteiger partial charge on any atom is 0.416 e. The standard InChI is InChI=1S/C24H19F3N6O3/c25-24(26,27)19-7-4-8-20(13-19)36-15-21(34)28-30-23(35)18-11-9-16(10-12-18)14-33-31-22(29-32-33)17-5-2-1-3-6-17/h1-13H,14-15H2,(H,28,34)(H,30,35). The predicted octanol–water partition coefficient (Wildman–Crippen LogP) is 3.25. The molecular formula is C24H19F3N6O3. The van der Waals surface area contributed by atoms with Crippen LogP contribution in [0.3, 0.4) is 0 Å². The molecule has 184 valence electrons. The second-order valence-electron chi connectivity index (χ2n) is 7.52. The monoisotopic (exact) mass is 496 g/mol. The number of carbonyl (C=O) groups excluding carboxylic acids is 2. The van der Waals surface area contributed by atoms with Crippen molar-refractivity contribution in [1.29, 1.82) is 0 Å². The Morgan fingerprint density at radius 2 is 1.67 bits per heavy atom. The van der Waals surface area contributed by atoms with Crippen LogP contribution >= 0.6 is 0 Å². The predicted molar refractivity (Wildman–Crippen MR) is 121 cm³/mol. The van der Waals surface area contributed by atoms with Gasteiger partial charge in [0.15, 0.2) is 6.61 Å². The van der Waals surface area contributed by atoms with Crippen LogP contribution in [-0.2, 0) is 17.5 Å². The number of ether oxygens (including phenoxy) is 1. The first-order valence-corrected chi connectivity index (χ1v) is 10.6. The van der Waals surface area contributed by atoms with Crippen LogP contribution in [0.15, 0.2) is 78.9 Å². The molecule has 1 heterocycles. The van der Waals surface area contributed by atoms with E-state index in [2.05, 4.69) is 26.3 Å². The number of halogens is 3. The maximum absolute atomic E-state index is 12.7. The van der Waals surface area contributed by atoms with Crippen LogP contribution in [0, 0.1) is 0 Å². The number of tetrazole rings is 1. The molecule has 3 aromatic carbocycles. The summed E-state index contributed by atoms with van der Waals surface area (Å²) < 4.78 is 43.3. The first kappa shape index (κ1) is 24.4. The van der Waals surface area contributed by atoms with Crippen molar-refractivity contribution in [1.82, 2.24) is 31.1 Å². The van der Waals surface area contributed by atoms with E-state index < -0.39 is 30.2 Å². The molecule has 1 aromatic heterocycles. The number of carbonyl (C=O) groups is 2. The summed E-state index contributed by atoms with van der Waals surface area (Å²) in [4.78, 5) is 25.6. The summed E-state index contributed by atoms with van der Waals surface area (Å²) in [5.41, 5.74) is 5.42. The highest BCUT2D eigenvalue weighted by Gasteiger charge is 2.30. The number of benzene rings is 3. The van der Waals surface area contributed by atoms with Crippen molar-refractivity contribution in [3.63, 3.8) is 0 Å². The average molecular weight is 496 g/mol. The van der Waals surface area contributed by atoms with Gasteiger partial charge in [0.05, 0.1) is 12.1 Å². The summed E-state index contributed by atoms with van der Waals surface area (Å²) >= 11 is 0. The Balaban J connectivity index is 1.25. The molecule has 0 aliphatic heterocycles. The van der Waals surface area contributed by atoms with E-state index in [4.69, 9.17) is 4.74 Å². The van der Waals surface area contributed by atoms with Crippen LogP contribution in [0.2, 0.25) is 0 Å². The lowest BCUT2D eigenvalue weighted by Gasteiger charge is -2.11. The van der Waals surface area contributed by atoms with Crippen molar-refractivity contribution >= 4 is 11.8 Å². The van der Waals surface area contributed by atoms with Gasteiger partial charge >= 0.3 is 6.18 Å². The molecule has 0 bridgehead atoms. The first-order valence-electron chi connectivity index (χ1n) is 10.6. The molecule has 2 N–H and O–H groups in total. The molecule has 0 saturated carbocycles. The third-order valence-corrected chi connectivity index (χ3v) is 4.87. The molecule has 36 heavy (non-hydrogen) atoms. The lowest BCUT2D eigenvalue weighted by Crippen LogP contribution is -2.43. The van der Waals surface area contributed by atoms with Crippen molar-refractivity contribution in [2.45, 2.75) is 12.7 Å². The number of nitrogens with zero attached hydrogens (tertiary/aromatic N) is 4. The number of aromatic nitrogens is 4. The Labute approximate surface area is 202 Å². The minimum atomic E-state index is -4.53. The van der Waals surface area contributed by atoms with Gasteiger partial charge < -0.3 is 4.74 Å². The van der Waals surface area contributed by atoms with E-state index in [-0.39, 0.29) is 11.3 Å². The van der Waals surface area contributed by atoms with Crippen molar-refractivity contribution in [3.8, 4) is 17.1 Å². The second kappa shape index (κ2) is 10.7. The van der Waals surface area contributed by atoms with Crippen molar-refractivity contribution < 1.29 is 27.5 Å². The SMILES string of the molecule is O=C(COc1cccc(C(F)(F)F)c1)NNC(=O)c1ccc(Cn2nnc(-c3ccccc3)n2)cc1. The van der Waals surface area contributed by atoms with Gasteiger partial charge in [-0.2, -0.15) is 18.0 Å². The van der Waals surface area contributed by atoms with Crippen LogP contribution in [0.4, 0.5) is 13.2 Å². The smallest absolute Gasteiger partial charge is 0.416 e. The number of hydrazine groups is 1. The fraction of sp³-hybridized carbons (Fsp3) is 0.125. The largest absolute Gasteiger partial charge is 0.484 e. The van der Waals surface area contributed by atoms with Crippen LogP contribution < -0.4 is 15.6 Å². The quantitative estimate of drug-likeness (QED) is 0.380. The summed E-state index contributed by atoms with van der Waals surface area (Å²) in [6, 6.07) is 20.1. The van der Waals surface area contributed by atoms with Gasteiger partial charge in [-0.1, -0.05) is 48.5 Å². The van der Waals surface area contributed by atoms with Crippen LogP contribution in [0.25, 0.3) is 11.4 Å². The number of alkyl halides is 3.